The van der Waals surface area contributed by atoms with Gasteiger partial charge in [-0.05, 0) is 110 Å². The van der Waals surface area contributed by atoms with Gasteiger partial charge in [-0.15, -0.1) is 0 Å². The summed E-state index contributed by atoms with van der Waals surface area (Å²) in [5.41, 5.74) is 5.82. The third-order valence-electron chi connectivity index (χ3n) is 8.20. The Bertz CT molecular complexity index is 1400. The average Bonchev–Trinajstić information content (AvgIpc) is 2.80. The summed E-state index contributed by atoms with van der Waals surface area (Å²) in [7, 11) is -1.96. The Balaban J connectivity index is 2.63. The molecule has 0 aliphatic carbocycles. The first-order chi connectivity index (χ1) is 19.2. The van der Waals surface area contributed by atoms with Crippen LogP contribution >= 0.6 is 15.9 Å². The molecule has 43 heavy (non-hydrogen) atoms. The topological polar surface area (TPSA) is 32.3 Å². The molecule has 0 bridgehead atoms. The largest absolute Gasteiger partial charge is 0.839 e. The maximum Gasteiger partial charge on any atom is 0.242 e. The molecule has 0 aliphatic rings. The van der Waals surface area contributed by atoms with Crippen molar-refractivity contribution < 1.29 is 9.53 Å². The van der Waals surface area contributed by atoms with Crippen molar-refractivity contribution >= 4 is 24.2 Å². The molecule has 0 saturated carbocycles. The Morgan fingerprint density at radius 3 is 1.19 bits per heavy atom. The molecule has 0 amide bonds. The minimum atomic E-state index is -1.96. The quantitative estimate of drug-likeness (QED) is 0.201. The zero-order chi connectivity index (χ0) is 33.1. The zero-order valence-corrected chi connectivity index (χ0v) is 32.4. The van der Waals surface area contributed by atoms with Gasteiger partial charge in [0, 0.05) is 4.47 Å². The maximum absolute atomic E-state index is 16.2. The van der Waals surface area contributed by atoms with Crippen molar-refractivity contribution in [2.75, 3.05) is 0 Å². The highest BCUT2D eigenvalue weighted by atomic mass is 79.9. The van der Waals surface area contributed by atoms with Crippen LogP contribution in [0.5, 0.6) is 5.75 Å². The molecular formula is C39H56BrO2Si-. The number of hydrogen-bond acceptors (Lipinski definition) is 2. The van der Waals surface area contributed by atoms with Gasteiger partial charge in [0.1, 0.15) is 5.75 Å². The highest BCUT2D eigenvalue weighted by Crippen LogP contribution is 2.47. The number of benzene rings is 3. The molecule has 0 N–H and O–H groups in total. The highest BCUT2D eigenvalue weighted by molar-refractivity contribution is 9.10. The molecule has 0 aromatic heterocycles. The molecule has 0 aliphatic heterocycles. The standard InChI is InChI=1S/C39H56BrO2Si/c1-25-30(35(2,3)4)21-27(22-31(25)36(5,6)7)39(41,26-17-19-29(40)20-18-26)28-23-32(37(8,9)10)34(42-43(14,15)16)33(24-28)38(11,12)13/h17-24H,1-16H3/q-1/t39-/m1/s1. The molecule has 3 aromatic carbocycles. The van der Waals surface area contributed by atoms with E-state index in [0.29, 0.717) is 0 Å². The third kappa shape index (κ3) is 7.68. The summed E-state index contributed by atoms with van der Waals surface area (Å²) >= 11 is 3.61. The van der Waals surface area contributed by atoms with E-state index in [1.165, 1.54) is 16.7 Å². The van der Waals surface area contributed by atoms with Crippen LogP contribution in [0.3, 0.4) is 0 Å². The van der Waals surface area contributed by atoms with Gasteiger partial charge in [0.15, 0.2) is 0 Å². The second-order valence-corrected chi connectivity index (χ2v) is 22.8. The summed E-state index contributed by atoms with van der Waals surface area (Å²) in [5, 5.41) is 16.2. The van der Waals surface area contributed by atoms with E-state index < -0.39 is 13.9 Å². The summed E-state index contributed by atoms with van der Waals surface area (Å²) in [4.78, 5) is 0. The SMILES string of the molecule is Cc1c(C(C)(C)C)cc([C@]([O-])(c2ccc(Br)cc2)c2cc(C(C)(C)C)c(O[Si](C)(C)C)c(C(C)(C)C)c2)cc1C(C)(C)C. The number of hydrogen-bond donors (Lipinski definition) is 0. The van der Waals surface area contributed by atoms with E-state index in [1.807, 2.05) is 24.3 Å². The lowest BCUT2D eigenvalue weighted by Gasteiger charge is -2.46. The molecule has 0 radical (unpaired) electrons. The summed E-state index contributed by atoms with van der Waals surface area (Å²) in [6.07, 6.45) is 0. The normalized spacial score (nSPS) is 14.9. The molecular weight excluding hydrogens is 608 g/mol. The van der Waals surface area contributed by atoms with Crippen LogP contribution in [0.2, 0.25) is 19.6 Å². The molecule has 0 fully saturated rings. The van der Waals surface area contributed by atoms with Crippen molar-refractivity contribution in [2.45, 2.75) is 137 Å². The lowest BCUT2D eigenvalue weighted by molar-refractivity contribution is -0.455. The minimum absolute atomic E-state index is 0.122. The predicted octanol–water partition coefficient (Wildman–Crippen LogP) is 10.8. The van der Waals surface area contributed by atoms with Gasteiger partial charge in [0.2, 0.25) is 8.32 Å². The average molecular weight is 665 g/mol. The fourth-order valence-corrected chi connectivity index (χ4v) is 7.12. The third-order valence-corrected chi connectivity index (χ3v) is 9.55. The van der Waals surface area contributed by atoms with Crippen LogP contribution in [0.4, 0.5) is 0 Å². The van der Waals surface area contributed by atoms with Crippen molar-refractivity contribution in [3.8, 4) is 5.75 Å². The summed E-state index contributed by atoms with van der Waals surface area (Å²) in [6.45, 7) is 35.7. The zero-order valence-electron chi connectivity index (χ0n) is 29.8. The summed E-state index contributed by atoms with van der Waals surface area (Å²) < 4.78 is 7.84. The number of halogens is 1. The molecule has 2 nitrogen and oxygen atoms in total. The predicted molar refractivity (Wildman–Crippen MR) is 190 cm³/mol. The molecule has 0 spiro atoms. The second kappa shape index (κ2) is 11.5. The van der Waals surface area contributed by atoms with E-state index in [2.05, 4.69) is 150 Å². The van der Waals surface area contributed by atoms with Crippen LogP contribution in [-0.2, 0) is 27.3 Å². The van der Waals surface area contributed by atoms with Crippen molar-refractivity contribution in [2.24, 2.45) is 0 Å². The molecule has 4 heteroatoms. The van der Waals surface area contributed by atoms with Gasteiger partial charge in [-0.2, -0.15) is 0 Å². The Kier molecular flexibility index (Phi) is 9.50. The van der Waals surface area contributed by atoms with Crippen molar-refractivity contribution in [1.82, 2.24) is 0 Å². The molecule has 3 rings (SSSR count). The highest BCUT2D eigenvalue weighted by Gasteiger charge is 2.36. The van der Waals surface area contributed by atoms with Crippen molar-refractivity contribution in [3.05, 3.63) is 97.5 Å². The van der Waals surface area contributed by atoms with Crippen LogP contribution in [0.1, 0.15) is 128 Å². The van der Waals surface area contributed by atoms with Gasteiger partial charge in [0.05, 0.1) is 0 Å². The van der Waals surface area contributed by atoms with Gasteiger partial charge < -0.3 is 9.53 Å². The van der Waals surface area contributed by atoms with Crippen LogP contribution in [0.25, 0.3) is 0 Å². The first-order valence-electron chi connectivity index (χ1n) is 15.7. The van der Waals surface area contributed by atoms with Crippen molar-refractivity contribution in [3.63, 3.8) is 0 Å². The first kappa shape index (κ1) is 35.6. The van der Waals surface area contributed by atoms with Crippen LogP contribution in [0.15, 0.2) is 53.0 Å². The van der Waals surface area contributed by atoms with E-state index in [-0.39, 0.29) is 21.7 Å². The number of rotatable bonds is 5. The summed E-state index contributed by atoms with van der Waals surface area (Å²) in [5.74, 6) is 0.954. The lowest BCUT2D eigenvalue weighted by Crippen LogP contribution is -2.44. The van der Waals surface area contributed by atoms with Crippen LogP contribution in [-0.4, -0.2) is 8.32 Å². The molecule has 236 valence electrons. The van der Waals surface area contributed by atoms with Gasteiger partial charge >= 0.3 is 0 Å². The Morgan fingerprint density at radius 2 is 0.884 bits per heavy atom. The molecule has 3 aromatic rings. The van der Waals surface area contributed by atoms with Gasteiger partial charge in [-0.25, -0.2) is 0 Å². The van der Waals surface area contributed by atoms with Gasteiger partial charge in [-0.1, -0.05) is 135 Å². The monoisotopic (exact) mass is 663 g/mol. The van der Waals surface area contributed by atoms with E-state index in [1.54, 1.807) is 0 Å². The smallest absolute Gasteiger partial charge is 0.242 e. The Morgan fingerprint density at radius 1 is 0.558 bits per heavy atom. The minimum Gasteiger partial charge on any atom is -0.839 e. The first-order valence-corrected chi connectivity index (χ1v) is 19.9. The van der Waals surface area contributed by atoms with E-state index in [0.717, 1.165) is 38.0 Å². The maximum atomic E-state index is 16.2. The fourth-order valence-electron chi connectivity index (χ4n) is 6.02. The van der Waals surface area contributed by atoms with Crippen LogP contribution in [0, 0.1) is 6.92 Å². The van der Waals surface area contributed by atoms with E-state index in [9.17, 15) is 0 Å². The fraction of sp³-hybridized carbons (Fsp3) is 0.538. The summed E-state index contributed by atoms with van der Waals surface area (Å²) in [6, 6.07) is 16.7. The van der Waals surface area contributed by atoms with E-state index in [4.69, 9.17) is 4.43 Å². The Labute approximate surface area is 272 Å². The molecule has 0 heterocycles. The lowest BCUT2D eigenvalue weighted by atomic mass is 9.70. The van der Waals surface area contributed by atoms with Crippen LogP contribution < -0.4 is 9.53 Å². The van der Waals surface area contributed by atoms with E-state index >= 15 is 5.11 Å². The molecule has 1 atom stereocenters. The Hall–Kier alpha value is -1.88. The molecule has 0 unspecified atom stereocenters. The molecule has 0 saturated heterocycles. The van der Waals surface area contributed by atoms with Gasteiger partial charge in [0.25, 0.3) is 0 Å². The van der Waals surface area contributed by atoms with Gasteiger partial charge in [-0.3, -0.25) is 0 Å². The van der Waals surface area contributed by atoms with Crippen molar-refractivity contribution in [1.29, 1.82) is 0 Å². The second-order valence-electron chi connectivity index (χ2n) is 17.5.